The average Bonchev–Trinajstić information content (AvgIpc) is 2.75. The van der Waals surface area contributed by atoms with Crippen LogP contribution in [-0.2, 0) is 29.2 Å². The van der Waals surface area contributed by atoms with Crippen molar-refractivity contribution in [1.82, 2.24) is 9.55 Å². The summed E-state index contributed by atoms with van der Waals surface area (Å²) in [6, 6.07) is 4.65. The number of benzene rings is 1. The number of aliphatic hydroxyl groups excluding tert-OH is 1. The van der Waals surface area contributed by atoms with Gasteiger partial charge in [-0.05, 0) is 23.8 Å². The molecule has 108 valence electrons. The highest BCUT2D eigenvalue weighted by Gasteiger charge is 2.23. The second-order valence-electron chi connectivity index (χ2n) is 4.24. The molecule has 5 nitrogen and oxygen atoms in total. The molecule has 20 heavy (non-hydrogen) atoms. The first-order chi connectivity index (χ1) is 9.35. The smallest absolute Gasteiger partial charge is 0.227 e. The Morgan fingerprint density at radius 2 is 2.05 bits per heavy atom. The van der Waals surface area contributed by atoms with Gasteiger partial charge < -0.3 is 9.67 Å². The molecule has 1 aromatic heterocycles. The van der Waals surface area contributed by atoms with Crippen molar-refractivity contribution < 1.29 is 13.5 Å². The first kappa shape index (κ1) is 15.3. The Bertz CT molecular complexity index is 741. The summed E-state index contributed by atoms with van der Waals surface area (Å²) < 4.78 is 26.0. The van der Waals surface area contributed by atoms with Crippen LogP contribution in [0.4, 0.5) is 0 Å². The van der Waals surface area contributed by atoms with Crippen LogP contribution < -0.4 is 0 Å². The summed E-state index contributed by atoms with van der Waals surface area (Å²) in [7, 11) is -2.14. The number of aromatic nitrogens is 2. The van der Waals surface area contributed by atoms with Crippen LogP contribution in [0, 0.1) is 0 Å². The van der Waals surface area contributed by atoms with Gasteiger partial charge in [0.05, 0.1) is 24.3 Å². The van der Waals surface area contributed by atoms with Crippen LogP contribution in [0.25, 0.3) is 0 Å². The van der Waals surface area contributed by atoms with E-state index in [1.165, 1.54) is 23.9 Å². The minimum absolute atomic E-state index is 0.113. The Hall–Kier alpha value is -1.08. The van der Waals surface area contributed by atoms with Crippen molar-refractivity contribution in [3.05, 3.63) is 45.7 Å². The lowest BCUT2D eigenvalue weighted by molar-refractivity contribution is 0.271. The number of hydrogen-bond acceptors (Lipinski definition) is 4. The lowest BCUT2D eigenvalue weighted by Crippen LogP contribution is -2.12. The summed E-state index contributed by atoms with van der Waals surface area (Å²) in [4.78, 5) is 3.85. The zero-order valence-electron chi connectivity index (χ0n) is 10.5. The van der Waals surface area contributed by atoms with Crippen LogP contribution >= 0.6 is 23.2 Å². The van der Waals surface area contributed by atoms with E-state index in [1.54, 1.807) is 12.1 Å². The van der Waals surface area contributed by atoms with Gasteiger partial charge in [-0.2, -0.15) is 0 Å². The van der Waals surface area contributed by atoms with Crippen LogP contribution in [0.3, 0.4) is 0 Å². The molecule has 0 saturated heterocycles. The molecular formula is C12H12Cl2N2O3S. The summed E-state index contributed by atoms with van der Waals surface area (Å²) >= 11 is 11.8. The van der Waals surface area contributed by atoms with Crippen molar-refractivity contribution in [3.63, 3.8) is 0 Å². The zero-order chi connectivity index (χ0) is 14.9. The Balaban J connectivity index is 2.40. The number of aliphatic hydroxyl groups is 1. The fraction of sp³-hybridized carbons (Fsp3) is 0.250. The Kier molecular flexibility index (Phi) is 4.39. The highest BCUT2D eigenvalue weighted by Crippen LogP contribution is 2.25. The third-order valence-corrected chi connectivity index (χ3v) is 5.07. The molecule has 0 fully saturated rings. The number of hydrogen-bond donors (Lipinski definition) is 1. The van der Waals surface area contributed by atoms with Crippen molar-refractivity contribution in [2.24, 2.45) is 7.05 Å². The van der Waals surface area contributed by atoms with Gasteiger partial charge in [0, 0.05) is 17.1 Å². The topological polar surface area (TPSA) is 72.2 Å². The van der Waals surface area contributed by atoms with Crippen LogP contribution in [-0.4, -0.2) is 23.1 Å². The molecular weight excluding hydrogens is 323 g/mol. The monoisotopic (exact) mass is 334 g/mol. The van der Waals surface area contributed by atoms with Crippen LogP contribution in [0.5, 0.6) is 0 Å². The quantitative estimate of drug-likeness (QED) is 0.930. The van der Waals surface area contributed by atoms with Crippen LogP contribution in [0.15, 0.2) is 29.6 Å². The van der Waals surface area contributed by atoms with Crippen molar-refractivity contribution in [1.29, 1.82) is 0 Å². The van der Waals surface area contributed by atoms with E-state index in [9.17, 15) is 8.42 Å². The summed E-state index contributed by atoms with van der Waals surface area (Å²) in [5.74, 6) is -0.303. The van der Waals surface area contributed by atoms with Gasteiger partial charge in [0.2, 0.25) is 15.0 Å². The van der Waals surface area contributed by atoms with Crippen LogP contribution in [0.1, 0.15) is 11.3 Å². The Labute approximate surface area is 126 Å². The van der Waals surface area contributed by atoms with Gasteiger partial charge in [-0.1, -0.05) is 23.2 Å². The Morgan fingerprint density at radius 3 is 2.65 bits per heavy atom. The molecule has 0 amide bonds. The van der Waals surface area contributed by atoms with E-state index in [4.69, 9.17) is 28.3 Å². The van der Waals surface area contributed by atoms with Gasteiger partial charge in [0.15, 0.2) is 0 Å². The fourth-order valence-corrected chi connectivity index (χ4v) is 3.77. The van der Waals surface area contributed by atoms with Gasteiger partial charge in [-0.15, -0.1) is 0 Å². The summed E-state index contributed by atoms with van der Waals surface area (Å²) in [6.45, 7) is -0.281. The standard InChI is InChI=1S/C12H12Cl2N2O3S/c1-16-10(6-17)5-15-12(16)20(18,19)7-8-4-9(13)2-3-11(8)14/h2-5,17H,6-7H2,1H3. The predicted molar refractivity (Wildman–Crippen MR) is 76.5 cm³/mol. The van der Waals surface area contributed by atoms with Gasteiger partial charge in [-0.25, -0.2) is 13.4 Å². The molecule has 0 atom stereocenters. The summed E-state index contributed by atoms with van der Waals surface area (Å²) in [5, 5.41) is 9.70. The van der Waals surface area contributed by atoms with E-state index in [0.29, 0.717) is 21.3 Å². The maximum Gasteiger partial charge on any atom is 0.227 e. The van der Waals surface area contributed by atoms with Crippen LogP contribution in [0.2, 0.25) is 10.0 Å². The van der Waals surface area contributed by atoms with Crippen molar-refractivity contribution in [3.8, 4) is 0 Å². The maximum absolute atomic E-state index is 12.3. The molecule has 0 aliphatic heterocycles. The maximum atomic E-state index is 12.3. The molecule has 0 radical (unpaired) electrons. The fourth-order valence-electron chi connectivity index (χ4n) is 1.78. The van der Waals surface area contributed by atoms with Crippen molar-refractivity contribution in [2.45, 2.75) is 17.5 Å². The molecule has 0 bridgehead atoms. The minimum atomic E-state index is -3.67. The first-order valence-corrected chi connectivity index (χ1v) is 8.04. The van der Waals surface area contributed by atoms with Gasteiger partial charge in [-0.3, -0.25) is 0 Å². The summed E-state index contributed by atoms with van der Waals surface area (Å²) in [6.07, 6.45) is 1.33. The third kappa shape index (κ3) is 2.98. The molecule has 0 unspecified atom stereocenters. The number of sulfone groups is 1. The van der Waals surface area contributed by atoms with Gasteiger partial charge in [0.1, 0.15) is 0 Å². The molecule has 0 aliphatic rings. The molecule has 1 aromatic carbocycles. The normalized spacial score (nSPS) is 11.8. The average molecular weight is 335 g/mol. The molecule has 0 saturated carbocycles. The minimum Gasteiger partial charge on any atom is -0.390 e. The van der Waals surface area contributed by atoms with E-state index < -0.39 is 9.84 Å². The van der Waals surface area contributed by atoms with Crippen molar-refractivity contribution >= 4 is 33.0 Å². The molecule has 0 aliphatic carbocycles. The highest BCUT2D eigenvalue weighted by atomic mass is 35.5. The predicted octanol–water partition coefficient (Wildman–Crippen LogP) is 2.19. The number of imidazole rings is 1. The molecule has 0 spiro atoms. The SMILES string of the molecule is Cn1c(CO)cnc1S(=O)(=O)Cc1cc(Cl)ccc1Cl. The number of rotatable bonds is 4. The molecule has 1 heterocycles. The lowest BCUT2D eigenvalue weighted by atomic mass is 10.2. The zero-order valence-corrected chi connectivity index (χ0v) is 12.9. The summed E-state index contributed by atoms with van der Waals surface area (Å²) in [5.41, 5.74) is 0.827. The second-order valence-corrected chi connectivity index (χ2v) is 6.97. The van der Waals surface area contributed by atoms with E-state index in [2.05, 4.69) is 4.98 Å². The molecule has 1 N–H and O–H groups in total. The Morgan fingerprint density at radius 1 is 1.35 bits per heavy atom. The van der Waals surface area contributed by atoms with Gasteiger partial charge in [0.25, 0.3) is 0 Å². The second kappa shape index (κ2) is 5.73. The van der Waals surface area contributed by atoms with Crippen molar-refractivity contribution in [2.75, 3.05) is 0 Å². The molecule has 2 rings (SSSR count). The van der Waals surface area contributed by atoms with E-state index in [-0.39, 0.29) is 17.5 Å². The van der Waals surface area contributed by atoms with E-state index in [0.717, 1.165) is 0 Å². The highest BCUT2D eigenvalue weighted by molar-refractivity contribution is 7.90. The lowest BCUT2D eigenvalue weighted by Gasteiger charge is -2.07. The largest absolute Gasteiger partial charge is 0.390 e. The van der Waals surface area contributed by atoms with E-state index >= 15 is 0 Å². The van der Waals surface area contributed by atoms with E-state index in [1.807, 2.05) is 0 Å². The molecule has 8 heteroatoms. The third-order valence-electron chi connectivity index (χ3n) is 2.84. The number of halogens is 2. The van der Waals surface area contributed by atoms with Gasteiger partial charge >= 0.3 is 0 Å². The molecule has 2 aromatic rings. The first-order valence-electron chi connectivity index (χ1n) is 5.63. The number of nitrogens with zero attached hydrogens (tertiary/aromatic N) is 2.